The highest BCUT2D eigenvalue weighted by atomic mass is 125. The van der Waals surface area contributed by atoms with Gasteiger partial charge in [-0.2, -0.15) is 0 Å². The Bertz CT molecular complexity index is 664. The van der Waals surface area contributed by atoms with Crippen molar-refractivity contribution in [3.8, 4) is 0 Å². The second kappa shape index (κ2) is 12.1. The van der Waals surface area contributed by atoms with Gasteiger partial charge in [-0.3, -0.25) is 9.59 Å². The molecule has 0 heterocycles. The Morgan fingerprint density at radius 1 is 1.04 bits per heavy atom. The van der Waals surface area contributed by atoms with E-state index >= 15 is 0 Å². The Morgan fingerprint density at radius 3 is 2.30 bits per heavy atom. The number of ether oxygens (including phenoxy) is 1. The van der Waals surface area contributed by atoms with Gasteiger partial charge in [0.1, 0.15) is 6.04 Å². The highest BCUT2D eigenvalue weighted by molar-refractivity contribution is 14.1. The molecule has 0 aliphatic rings. The van der Waals surface area contributed by atoms with E-state index in [4.69, 9.17) is 14.9 Å². The van der Waals surface area contributed by atoms with Gasteiger partial charge in [0.2, 0.25) is 0 Å². The zero-order valence-corrected chi connectivity index (χ0v) is 16.6. The highest BCUT2D eigenvalue weighted by Crippen LogP contribution is 2.06. The van der Waals surface area contributed by atoms with E-state index in [1.165, 1.54) is 0 Å². The number of carbonyl (C=O) groups is 4. The van der Waals surface area contributed by atoms with Gasteiger partial charge in [0, 0.05) is 15.7 Å². The van der Waals surface area contributed by atoms with Crippen LogP contribution >= 0.6 is 22.6 Å². The third-order valence-corrected chi connectivity index (χ3v) is 4.13. The summed E-state index contributed by atoms with van der Waals surface area (Å²) in [4.78, 5) is 44.7. The number of unbranched alkanes of at least 4 members (excludes halogenated alkanes) is 2. The molecule has 0 fully saturated rings. The molecule has 1 atom stereocenters. The maximum atomic E-state index is 11.9. The number of carbonyl (C=O) groups excluding carboxylic acids is 2. The van der Waals surface area contributed by atoms with Crippen LogP contribution in [0.5, 0.6) is 0 Å². The minimum absolute atomic E-state index is 0.0658. The molecule has 0 saturated heterocycles. The molecule has 4 N–H and O–H groups in total. The summed E-state index contributed by atoms with van der Waals surface area (Å²) >= 11 is 2.16. The van der Waals surface area contributed by atoms with Gasteiger partial charge < -0.3 is 25.6 Å². The number of rotatable bonds is 11. The fraction of sp³-hybridized carbons (Fsp3) is 0.412. The lowest BCUT2D eigenvalue weighted by Crippen LogP contribution is -2.42. The minimum atomic E-state index is -1.54. The van der Waals surface area contributed by atoms with Crippen molar-refractivity contribution in [3.05, 3.63) is 33.4 Å². The molecule has 1 aromatic carbocycles. The van der Waals surface area contributed by atoms with E-state index in [2.05, 4.69) is 27.9 Å². The van der Waals surface area contributed by atoms with E-state index in [0.717, 1.165) is 3.57 Å². The van der Waals surface area contributed by atoms with Gasteiger partial charge in [-0.1, -0.05) is 0 Å². The Labute approximate surface area is 169 Å². The molecule has 148 valence electrons. The molecule has 9 nitrogen and oxygen atoms in total. The van der Waals surface area contributed by atoms with Gasteiger partial charge >= 0.3 is 18.0 Å². The number of carboxylic acid groups (broad SMARTS) is 2. The van der Waals surface area contributed by atoms with E-state index in [-0.39, 0.29) is 12.5 Å². The third kappa shape index (κ3) is 9.78. The molecule has 0 saturated carbocycles. The van der Waals surface area contributed by atoms with Crippen LogP contribution in [0.25, 0.3) is 0 Å². The Hall–Kier alpha value is -2.37. The van der Waals surface area contributed by atoms with Crippen LogP contribution in [0, 0.1) is 3.57 Å². The summed E-state index contributed by atoms with van der Waals surface area (Å²) in [5.41, 5.74) is 0.588. The first-order valence-corrected chi connectivity index (χ1v) is 9.29. The fourth-order valence-corrected chi connectivity index (χ4v) is 2.39. The van der Waals surface area contributed by atoms with Crippen LogP contribution in [-0.2, 0) is 14.3 Å². The fourth-order valence-electron chi connectivity index (χ4n) is 2.03. The molecular weight excluding hydrogens is 469 g/mol. The van der Waals surface area contributed by atoms with E-state index in [9.17, 15) is 19.2 Å². The van der Waals surface area contributed by atoms with Crippen LogP contribution in [0.3, 0.4) is 0 Å². The predicted molar refractivity (Wildman–Crippen MR) is 104 cm³/mol. The maximum absolute atomic E-state index is 11.9. The number of amides is 2. The van der Waals surface area contributed by atoms with Gasteiger partial charge in [0.15, 0.2) is 0 Å². The first-order valence-electron chi connectivity index (χ1n) is 8.21. The average molecular weight is 490 g/mol. The van der Waals surface area contributed by atoms with Gasteiger partial charge in [-0.05, 0) is 66.1 Å². The van der Waals surface area contributed by atoms with Crippen LogP contribution in [0.4, 0.5) is 4.79 Å². The van der Waals surface area contributed by atoms with Crippen molar-refractivity contribution in [2.24, 2.45) is 0 Å². The molecule has 0 aliphatic carbocycles. The highest BCUT2D eigenvalue weighted by Gasteiger charge is 2.23. The molecule has 10 heteroatoms. The van der Waals surface area contributed by atoms with E-state index in [1.54, 1.807) is 12.1 Å². The van der Waals surface area contributed by atoms with Crippen molar-refractivity contribution >= 4 is 46.5 Å². The van der Waals surface area contributed by atoms with Gasteiger partial charge in [-0.15, -0.1) is 0 Å². The van der Waals surface area contributed by atoms with Crippen LogP contribution in [-0.4, -0.2) is 53.3 Å². The summed E-state index contributed by atoms with van der Waals surface area (Å²) in [7, 11) is 0. The van der Waals surface area contributed by atoms with Gasteiger partial charge in [0.05, 0.1) is 13.0 Å². The van der Waals surface area contributed by atoms with Crippen molar-refractivity contribution in [2.75, 3.05) is 13.2 Å². The number of hydrogen-bond acceptors (Lipinski definition) is 5. The van der Waals surface area contributed by atoms with Crippen LogP contribution in [0.15, 0.2) is 24.3 Å². The van der Waals surface area contributed by atoms with Crippen molar-refractivity contribution in [2.45, 2.75) is 31.7 Å². The van der Waals surface area contributed by atoms with Gasteiger partial charge in [0.25, 0.3) is 5.91 Å². The van der Waals surface area contributed by atoms with Crippen molar-refractivity contribution in [3.63, 3.8) is 0 Å². The Balaban J connectivity index is 2.13. The second-order valence-electron chi connectivity index (χ2n) is 5.59. The smallest absolute Gasteiger partial charge is 0.407 e. The minimum Gasteiger partial charge on any atom is -0.481 e. The molecule has 0 aromatic heterocycles. The number of hydrogen-bond donors (Lipinski definition) is 4. The quantitative estimate of drug-likeness (QED) is 0.274. The zero-order valence-electron chi connectivity index (χ0n) is 14.4. The SMILES string of the molecule is O=C(O)C[C@H](NC(=O)OCCCCCNC(=O)c1ccc([125I])cc1)C(=O)O. The third-order valence-electron chi connectivity index (χ3n) is 3.42. The number of carboxylic acids is 2. The standard InChI is InChI=1S/C17H21IN2O7/c18-12-6-4-11(5-7-12)15(23)19-8-2-1-3-9-27-17(26)20-13(16(24)25)10-14(21)22/h4-7,13H,1-3,8-10H2,(H,19,23)(H,20,26)(H,21,22)(H,24,25)/t13-/m0/s1/i18-2. The Morgan fingerprint density at radius 2 is 1.70 bits per heavy atom. The van der Waals surface area contributed by atoms with Crippen LogP contribution in [0.2, 0.25) is 0 Å². The molecule has 0 aliphatic heterocycles. The van der Waals surface area contributed by atoms with Crippen LogP contribution in [0.1, 0.15) is 36.0 Å². The van der Waals surface area contributed by atoms with E-state index in [1.807, 2.05) is 17.4 Å². The number of benzene rings is 1. The molecule has 2 amide bonds. The molecule has 27 heavy (non-hydrogen) atoms. The number of halogens is 1. The molecule has 1 aromatic rings. The second-order valence-corrected chi connectivity index (χ2v) is 6.84. The van der Waals surface area contributed by atoms with Crippen molar-refractivity contribution in [1.82, 2.24) is 10.6 Å². The van der Waals surface area contributed by atoms with Crippen molar-refractivity contribution in [1.29, 1.82) is 0 Å². The molecule has 0 spiro atoms. The van der Waals surface area contributed by atoms with Crippen molar-refractivity contribution < 1.29 is 34.1 Å². The summed E-state index contributed by atoms with van der Waals surface area (Å²) in [6.45, 7) is 0.549. The van der Waals surface area contributed by atoms with Crippen LogP contribution < -0.4 is 10.6 Å². The van der Waals surface area contributed by atoms with E-state index < -0.39 is 30.5 Å². The lowest BCUT2D eigenvalue weighted by Gasteiger charge is -2.12. The summed E-state index contributed by atoms with van der Waals surface area (Å²) in [5, 5.41) is 22.2. The predicted octanol–water partition coefficient (Wildman–Crippen LogP) is 1.85. The number of aliphatic carboxylic acids is 2. The maximum Gasteiger partial charge on any atom is 0.407 e. The van der Waals surface area contributed by atoms with E-state index in [0.29, 0.717) is 31.4 Å². The lowest BCUT2D eigenvalue weighted by atomic mass is 10.2. The Kier molecular flexibility index (Phi) is 10.2. The summed E-state index contributed by atoms with van der Waals surface area (Å²) in [5.74, 6) is -2.94. The molecule has 0 unspecified atom stereocenters. The normalized spacial score (nSPS) is 11.3. The molecule has 0 bridgehead atoms. The van der Waals surface area contributed by atoms with Gasteiger partial charge in [-0.25, -0.2) is 9.59 Å². The zero-order chi connectivity index (χ0) is 20.2. The summed E-state index contributed by atoms with van der Waals surface area (Å²) < 4.78 is 5.87. The topological polar surface area (TPSA) is 142 Å². The summed E-state index contributed by atoms with van der Waals surface area (Å²) in [6, 6.07) is 5.66. The molecule has 1 rings (SSSR count). The number of alkyl carbamates (subject to hydrolysis) is 1. The first kappa shape index (κ1) is 22.7. The average Bonchev–Trinajstić information content (AvgIpc) is 2.60. The number of nitrogens with one attached hydrogen (secondary N) is 2. The molecular formula is C17H21IN2O7. The monoisotopic (exact) mass is 490 g/mol. The lowest BCUT2D eigenvalue weighted by molar-refractivity contribution is -0.145. The molecule has 0 radical (unpaired) electrons. The first-order chi connectivity index (χ1) is 12.8. The largest absolute Gasteiger partial charge is 0.481 e. The summed E-state index contributed by atoms with van der Waals surface area (Å²) in [6.07, 6.45) is 0.208.